The smallest absolute Gasteiger partial charge is 0.328 e. The van der Waals surface area contributed by atoms with Gasteiger partial charge >= 0.3 is 5.97 Å². The highest BCUT2D eigenvalue weighted by atomic mass is 16.5. The van der Waals surface area contributed by atoms with E-state index in [1.54, 1.807) is 10.4 Å². The molecule has 0 unspecified atom stereocenters. The molecule has 0 radical (unpaired) electrons. The number of nitrogens with zero attached hydrogens (tertiary/aromatic N) is 1. The van der Waals surface area contributed by atoms with Crippen molar-refractivity contribution in [1.29, 1.82) is 0 Å². The van der Waals surface area contributed by atoms with Crippen LogP contribution in [0.25, 0.3) is 0 Å². The molecule has 1 aliphatic heterocycles. The van der Waals surface area contributed by atoms with Gasteiger partial charge in [-0.25, -0.2) is 10.3 Å². The first-order valence-corrected chi connectivity index (χ1v) is 14.1. The quantitative estimate of drug-likeness (QED) is 0.154. The lowest BCUT2D eigenvalue weighted by Crippen LogP contribution is -2.56. The van der Waals surface area contributed by atoms with Crippen molar-refractivity contribution >= 4 is 23.7 Å². The molecule has 0 spiro atoms. The van der Waals surface area contributed by atoms with Gasteiger partial charge in [-0.1, -0.05) is 51.0 Å². The van der Waals surface area contributed by atoms with Crippen molar-refractivity contribution in [1.82, 2.24) is 15.7 Å². The molecule has 9 heteroatoms. The second kappa shape index (κ2) is 14.9. The Hall–Kier alpha value is -2.94. The Balaban J connectivity index is 1.64. The minimum atomic E-state index is -0.742. The normalized spacial score (nSPS) is 18.1. The molecule has 1 aliphatic carbocycles. The van der Waals surface area contributed by atoms with Crippen molar-refractivity contribution in [3.05, 3.63) is 35.4 Å². The molecule has 3 N–H and O–H groups in total. The van der Waals surface area contributed by atoms with E-state index < -0.39 is 18.0 Å². The highest BCUT2D eigenvalue weighted by molar-refractivity contribution is 5.91. The van der Waals surface area contributed by atoms with Crippen LogP contribution in [0, 0.1) is 5.92 Å². The third kappa shape index (κ3) is 8.82. The summed E-state index contributed by atoms with van der Waals surface area (Å²) in [7, 11) is 0. The zero-order valence-corrected chi connectivity index (χ0v) is 22.7. The van der Waals surface area contributed by atoms with Crippen molar-refractivity contribution < 1.29 is 29.1 Å². The second-order valence-corrected chi connectivity index (χ2v) is 11.0. The van der Waals surface area contributed by atoms with Crippen LogP contribution in [0.1, 0.15) is 95.6 Å². The molecule has 210 valence electrons. The van der Waals surface area contributed by atoms with Crippen LogP contribution in [0.4, 0.5) is 0 Å². The lowest BCUT2D eigenvalue weighted by atomic mass is 9.92. The molecule has 0 bridgehead atoms. The minimum Gasteiger partial charge on any atom is -0.461 e. The first kappa shape index (κ1) is 29.6. The SMILES string of the molecule is CC(C)C[C@H](NC(=O)[C@@H]1Cc2ccccc2CN1C(=O)CCCCCCC(=O)NO)C(=O)OC1CCCC1. The monoisotopic (exact) mass is 529 g/mol. The molecule has 0 aromatic heterocycles. The number of rotatable bonds is 13. The zero-order chi connectivity index (χ0) is 27.5. The Bertz CT molecular complexity index is 959. The van der Waals surface area contributed by atoms with Crippen LogP contribution in [-0.2, 0) is 36.9 Å². The number of hydrogen-bond acceptors (Lipinski definition) is 6. The third-order valence-electron chi connectivity index (χ3n) is 7.43. The van der Waals surface area contributed by atoms with Gasteiger partial charge in [-0.3, -0.25) is 19.6 Å². The molecule has 1 heterocycles. The number of ether oxygens (including phenoxy) is 1. The summed E-state index contributed by atoms with van der Waals surface area (Å²) in [5.74, 6) is -1.03. The summed E-state index contributed by atoms with van der Waals surface area (Å²) in [5.41, 5.74) is 3.68. The molecular formula is C29H43N3O6. The Morgan fingerprint density at radius 3 is 2.32 bits per heavy atom. The number of nitrogens with one attached hydrogen (secondary N) is 2. The van der Waals surface area contributed by atoms with Gasteiger partial charge in [0.2, 0.25) is 17.7 Å². The maximum atomic E-state index is 13.6. The average Bonchev–Trinajstić information content (AvgIpc) is 3.41. The summed E-state index contributed by atoms with van der Waals surface area (Å²) >= 11 is 0. The maximum absolute atomic E-state index is 13.6. The Labute approximate surface area is 225 Å². The lowest BCUT2D eigenvalue weighted by molar-refractivity contribution is -0.154. The number of amides is 3. The molecule has 1 fully saturated rings. The highest BCUT2D eigenvalue weighted by Gasteiger charge is 2.37. The molecule has 0 saturated heterocycles. The number of esters is 1. The standard InChI is InChI=1S/C29H43N3O6/c1-20(2)17-24(29(36)38-23-13-9-10-14-23)30-28(35)25-18-21-11-7-8-12-22(21)19-32(25)27(34)16-6-4-3-5-15-26(33)31-37/h7-8,11-12,20,23-25,37H,3-6,9-10,13-19H2,1-2H3,(H,30,35)(H,31,33)/t24-,25-/m0/s1. The molecule has 2 atom stereocenters. The fourth-order valence-electron chi connectivity index (χ4n) is 5.34. The molecule has 3 rings (SSSR count). The van der Waals surface area contributed by atoms with Gasteiger partial charge in [0.05, 0.1) is 0 Å². The van der Waals surface area contributed by atoms with Gasteiger partial charge in [-0.2, -0.15) is 0 Å². The van der Waals surface area contributed by atoms with Crippen LogP contribution in [0.2, 0.25) is 0 Å². The van der Waals surface area contributed by atoms with E-state index in [1.165, 1.54) is 0 Å². The highest BCUT2D eigenvalue weighted by Crippen LogP contribution is 2.26. The molecule has 3 amide bonds. The Morgan fingerprint density at radius 1 is 1.00 bits per heavy atom. The van der Waals surface area contributed by atoms with E-state index >= 15 is 0 Å². The summed E-state index contributed by atoms with van der Waals surface area (Å²) in [6.45, 7) is 4.36. The molecule has 2 aliphatic rings. The van der Waals surface area contributed by atoms with Crippen LogP contribution < -0.4 is 10.8 Å². The number of hydrogen-bond donors (Lipinski definition) is 3. The predicted octanol–water partition coefficient (Wildman–Crippen LogP) is 3.80. The summed E-state index contributed by atoms with van der Waals surface area (Å²) in [5, 5.41) is 11.5. The first-order valence-electron chi connectivity index (χ1n) is 14.1. The molecular weight excluding hydrogens is 486 g/mol. The van der Waals surface area contributed by atoms with Gasteiger partial charge in [0.25, 0.3) is 0 Å². The number of carbonyl (C=O) groups is 4. The van der Waals surface area contributed by atoms with Crippen LogP contribution >= 0.6 is 0 Å². The number of benzene rings is 1. The minimum absolute atomic E-state index is 0.0771. The van der Waals surface area contributed by atoms with Crippen molar-refractivity contribution in [3.63, 3.8) is 0 Å². The van der Waals surface area contributed by atoms with E-state index in [2.05, 4.69) is 5.32 Å². The molecule has 1 aromatic carbocycles. The largest absolute Gasteiger partial charge is 0.461 e. The summed E-state index contributed by atoms with van der Waals surface area (Å²) < 4.78 is 5.73. The number of carbonyl (C=O) groups excluding carboxylic acids is 4. The average molecular weight is 530 g/mol. The van der Waals surface area contributed by atoms with Gasteiger partial charge in [0, 0.05) is 25.8 Å². The van der Waals surface area contributed by atoms with Crippen molar-refractivity contribution in [2.45, 2.75) is 116 Å². The van der Waals surface area contributed by atoms with E-state index in [1.807, 2.05) is 38.1 Å². The topological polar surface area (TPSA) is 125 Å². The Morgan fingerprint density at radius 2 is 1.66 bits per heavy atom. The fourth-order valence-corrected chi connectivity index (χ4v) is 5.34. The van der Waals surface area contributed by atoms with Gasteiger partial charge in [-0.05, 0) is 62.0 Å². The second-order valence-electron chi connectivity index (χ2n) is 11.0. The lowest BCUT2D eigenvalue weighted by Gasteiger charge is -2.37. The maximum Gasteiger partial charge on any atom is 0.328 e. The summed E-state index contributed by atoms with van der Waals surface area (Å²) in [6, 6.07) is 6.40. The van der Waals surface area contributed by atoms with Gasteiger partial charge < -0.3 is 15.0 Å². The number of fused-ring (bicyclic) bond motifs is 1. The van der Waals surface area contributed by atoms with Crippen molar-refractivity contribution in [2.24, 2.45) is 5.92 Å². The van der Waals surface area contributed by atoms with Crippen LogP contribution in [0.15, 0.2) is 24.3 Å². The van der Waals surface area contributed by atoms with Gasteiger partial charge in [-0.15, -0.1) is 0 Å². The van der Waals surface area contributed by atoms with Gasteiger partial charge in [0.15, 0.2) is 0 Å². The number of hydroxylamine groups is 1. The van der Waals surface area contributed by atoms with Crippen molar-refractivity contribution in [2.75, 3.05) is 0 Å². The predicted molar refractivity (Wildman–Crippen MR) is 142 cm³/mol. The van der Waals surface area contributed by atoms with Gasteiger partial charge in [0.1, 0.15) is 18.2 Å². The van der Waals surface area contributed by atoms with Crippen LogP contribution in [0.5, 0.6) is 0 Å². The van der Waals surface area contributed by atoms with Crippen LogP contribution in [-0.4, -0.2) is 52.0 Å². The molecule has 38 heavy (non-hydrogen) atoms. The van der Waals surface area contributed by atoms with E-state index in [9.17, 15) is 19.2 Å². The summed E-state index contributed by atoms with van der Waals surface area (Å²) in [6.07, 6.45) is 8.01. The molecule has 1 saturated carbocycles. The fraction of sp³-hybridized carbons (Fsp3) is 0.655. The first-order chi connectivity index (χ1) is 18.3. The third-order valence-corrected chi connectivity index (χ3v) is 7.43. The van der Waals surface area contributed by atoms with E-state index in [-0.39, 0.29) is 36.2 Å². The molecule has 9 nitrogen and oxygen atoms in total. The van der Waals surface area contributed by atoms with E-state index in [0.29, 0.717) is 38.6 Å². The van der Waals surface area contributed by atoms with E-state index in [4.69, 9.17) is 9.94 Å². The zero-order valence-electron chi connectivity index (χ0n) is 22.7. The number of unbranched alkanes of at least 4 members (excludes halogenated alkanes) is 3. The Kier molecular flexibility index (Phi) is 11.6. The van der Waals surface area contributed by atoms with E-state index in [0.717, 1.165) is 49.7 Å². The van der Waals surface area contributed by atoms with Crippen LogP contribution in [0.3, 0.4) is 0 Å². The molecule has 1 aromatic rings. The summed E-state index contributed by atoms with van der Waals surface area (Å²) in [4.78, 5) is 52.7. The van der Waals surface area contributed by atoms with Crippen molar-refractivity contribution in [3.8, 4) is 0 Å².